The van der Waals surface area contributed by atoms with Crippen LogP contribution in [-0.4, -0.2) is 31.9 Å². The summed E-state index contributed by atoms with van der Waals surface area (Å²) in [6.45, 7) is 2.51. The van der Waals surface area contributed by atoms with Crippen LogP contribution in [0.4, 0.5) is 0 Å². The van der Waals surface area contributed by atoms with Gasteiger partial charge < -0.3 is 15.4 Å². The molecule has 0 bridgehead atoms. The zero-order chi connectivity index (χ0) is 11.6. The van der Waals surface area contributed by atoms with Crippen molar-refractivity contribution in [2.24, 2.45) is 0 Å². The molecular weight excluding hydrogens is 240 g/mol. The summed E-state index contributed by atoms with van der Waals surface area (Å²) < 4.78 is 4.95. The number of methoxy groups -OCH3 is 1. The number of thiocarbonyl (C=S) groups is 1. The summed E-state index contributed by atoms with van der Waals surface area (Å²) in [6, 6.07) is 2.14. The fourth-order valence-electron chi connectivity index (χ4n) is 1.24. The van der Waals surface area contributed by atoms with E-state index < -0.39 is 0 Å². The molecule has 90 valence electrons. The van der Waals surface area contributed by atoms with Gasteiger partial charge in [-0.2, -0.15) is 11.3 Å². The lowest BCUT2D eigenvalue weighted by molar-refractivity contribution is 0.195. The zero-order valence-corrected chi connectivity index (χ0v) is 11.1. The van der Waals surface area contributed by atoms with E-state index in [2.05, 4.69) is 27.5 Å². The second-order valence-electron chi connectivity index (χ2n) is 3.41. The molecule has 0 aromatic carbocycles. The maximum absolute atomic E-state index is 5.14. The number of nitrogens with one attached hydrogen (secondary N) is 2. The molecule has 0 amide bonds. The number of hydrogen-bond acceptors (Lipinski definition) is 3. The van der Waals surface area contributed by atoms with Gasteiger partial charge in [0.2, 0.25) is 0 Å². The van der Waals surface area contributed by atoms with Crippen molar-refractivity contribution in [1.82, 2.24) is 10.6 Å². The summed E-state index contributed by atoms with van der Waals surface area (Å²) in [7, 11) is 1.71. The van der Waals surface area contributed by atoms with Gasteiger partial charge in [-0.3, -0.25) is 0 Å². The topological polar surface area (TPSA) is 33.3 Å². The van der Waals surface area contributed by atoms with E-state index in [1.807, 2.05) is 0 Å². The number of hydrogen-bond donors (Lipinski definition) is 2. The lowest BCUT2D eigenvalue weighted by Crippen LogP contribution is -2.37. The van der Waals surface area contributed by atoms with E-state index in [0.29, 0.717) is 0 Å². The lowest BCUT2D eigenvalue weighted by Gasteiger charge is -2.09. The maximum atomic E-state index is 5.14. The van der Waals surface area contributed by atoms with Crippen LogP contribution in [-0.2, 0) is 11.2 Å². The van der Waals surface area contributed by atoms with E-state index in [1.54, 1.807) is 18.4 Å². The van der Waals surface area contributed by atoms with Crippen LogP contribution in [0, 0.1) is 0 Å². The third-order valence-electron chi connectivity index (χ3n) is 2.09. The fraction of sp³-hybridized carbons (Fsp3) is 0.545. The normalized spacial score (nSPS) is 10.1. The zero-order valence-electron chi connectivity index (χ0n) is 9.49. The molecule has 0 saturated heterocycles. The maximum Gasteiger partial charge on any atom is 0.166 e. The Kier molecular flexibility index (Phi) is 7.12. The Balaban J connectivity index is 1.98. The predicted molar refractivity (Wildman–Crippen MR) is 73.1 cm³/mol. The van der Waals surface area contributed by atoms with Crippen LogP contribution >= 0.6 is 23.6 Å². The number of ether oxygens (including phenoxy) is 1. The van der Waals surface area contributed by atoms with Gasteiger partial charge in [-0.1, -0.05) is 0 Å². The molecule has 3 nitrogen and oxygen atoms in total. The highest BCUT2D eigenvalue weighted by Crippen LogP contribution is 2.05. The number of thiophene rings is 1. The summed E-state index contributed by atoms with van der Waals surface area (Å²) in [5.74, 6) is 0. The highest BCUT2D eigenvalue weighted by atomic mass is 32.1. The largest absolute Gasteiger partial charge is 0.385 e. The molecule has 0 fully saturated rings. The molecule has 0 saturated carbocycles. The fourth-order valence-corrected chi connectivity index (χ4v) is 2.14. The van der Waals surface area contributed by atoms with Crippen molar-refractivity contribution in [1.29, 1.82) is 0 Å². The van der Waals surface area contributed by atoms with E-state index in [-0.39, 0.29) is 0 Å². The van der Waals surface area contributed by atoms with Crippen molar-refractivity contribution in [3.05, 3.63) is 22.4 Å². The third-order valence-corrected chi connectivity index (χ3v) is 3.11. The van der Waals surface area contributed by atoms with Crippen molar-refractivity contribution in [2.45, 2.75) is 12.8 Å². The van der Waals surface area contributed by atoms with Crippen LogP contribution in [0.2, 0.25) is 0 Å². The molecule has 1 heterocycles. The van der Waals surface area contributed by atoms with Gasteiger partial charge in [-0.15, -0.1) is 0 Å². The molecule has 0 aliphatic heterocycles. The van der Waals surface area contributed by atoms with Gasteiger partial charge in [0, 0.05) is 26.8 Å². The molecule has 16 heavy (non-hydrogen) atoms. The first-order chi connectivity index (χ1) is 7.83. The predicted octanol–water partition coefficient (Wildman–Crippen LogP) is 1.79. The van der Waals surface area contributed by atoms with E-state index in [0.717, 1.165) is 37.7 Å². The minimum Gasteiger partial charge on any atom is -0.385 e. The molecule has 0 atom stereocenters. The summed E-state index contributed by atoms with van der Waals surface area (Å²) >= 11 is 6.87. The average molecular weight is 258 g/mol. The number of rotatable bonds is 7. The van der Waals surface area contributed by atoms with Gasteiger partial charge in [0.05, 0.1) is 0 Å². The minimum absolute atomic E-state index is 0.728. The average Bonchev–Trinajstić information content (AvgIpc) is 2.77. The van der Waals surface area contributed by atoms with Crippen LogP contribution in [0.3, 0.4) is 0 Å². The van der Waals surface area contributed by atoms with Crippen molar-refractivity contribution in [2.75, 3.05) is 26.8 Å². The quantitative estimate of drug-likeness (QED) is 0.577. The summed E-state index contributed by atoms with van der Waals surface area (Å²) in [6.07, 6.45) is 1.99. The van der Waals surface area contributed by atoms with Gasteiger partial charge >= 0.3 is 0 Å². The van der Waals surface area contributed by atoms with E-state index in [4.69, 9.17) is 17.0 Å². The first-order valence-corrected chi connectivity index (χ1v) is 6.69. The Hall–Kier alpha value is -0.650. The Bertz CT molecular complexity index is 288. The molecule has 0 aliphatic rings. The van der Waals surface area contributed by atoms with Gasteiger partial charge in [0.25, 0.3) is 0 Å². The van der Waals surface area contributed by atoms with Crippen molar-refractivity contribution in [3.8, 4) is 0 Å². The Morgan fingerprint density at radius 2 is 2.25 bits per heavy atom. The molecular formula is C11H18N2OS2. The smallest absolute Gasteiger partial charge is 0.166 e. The molecule has 0 radical (unpaired) electrons. The van der Waals surface area contributed by atoms with E-state index in [9.17, 15) is 0 Å². The second kappa shape index (κ2) is 8.50. The monoisotopic (exact) mass is 258 g/mol. The van der Waals surface area contributed by atoms with Crippen LogP contribution in [0.25, 0.3) is 0 Å². The molecule has 0 unspecified atom stereocenters. The first kappa shape index (κ1) is 13.4. The Morgan fingerprint density at radius 3 is 2.94 bits per heavy atom. The standard InChI is InChI=1S/C11H18N2OS2/c1-14-7-2-5-12-11(15)13-6-3-10-4-8-16-9-10/h4,8-9H,2-3,5-7H2,1H3,(H2,12,13,15). The van der Waals surface area contributed by atoms with Gasteiger partial charge in [-0.25, -0.2) is 0 Å². The van der Waals surface area contributed by atoms with Crippen molar-refractivity contribution in [3.63, 3.8) is 0 Å². The Morgan fingerprint density at radius 1 is 1.44 bits per heavy atom. The highest BCUT2D eigenvalue weighted by molar-refractivity contribution is 7.80. The first-order valence-electron chi connectivity index (χ1n) is 5.34. The lowest BCUT2D eigenvalue weighted by atomic mass is 10.2. The minimum atomic E-state index is 0.728. The van der Waals surface area contributed by atoms with E-state index >= 15 is 0 Å². The van der Waals surface area contributed by atoms with Crippen LogP contribution in [0.1, 0.15) is 12.0 Å². The summed E-state index contributed by atoms with van der Waals surface area (Å²) in [5.41, 5.74) is 1.36. The summed E-state index contributed by atoms with van der Waals surface area (Å²) in [5, 5.41) is 11.3. The Labute approximate surface area is 106 Å². The molecule has 0 aliphatic carbocycles. The molecule has 1 aromatic heterocycles. The SMILES string of the molecule is COCCCNC(=S)NCCc1ccsc1. The molecule has 2 N–H and O–H groups in total. The van der Waals surface area contributed by atoms with Crippen LogP contribution in [0.15, 0.2) is 16.8 Å². The molecule has 0 spiro atoms. The second-order valence-corrected chi connectivity index (χ2v) is 4.60. The van der Waals surface area contributed by atoms with E-state index in [1.165, 1.54) is 5.56 Å². The van der Waals surface area contributed by atoms with Crippen LogP contribution in [0.5, 0.6) is 0 Å². The highest BCUT2D eigenvalue weighted by Gasteiger charge is 1.96. The molecule has 1 rings (SSSR count). The third kappa shape index (κ3) is 6.05. The van der Waals surface area contributed by atoms with Gasteiger partial charge in [0.15, 0.2) is 5.11 Å². The van der Waals surface area contributed by atoms with Gasteiger partial charge in [-0.05, 0) is 47.4 Å². The van der Waals surface area contributed by atoms with Crippen molar-refractivity contribution >= 4 is 28.7 Å². The van der Waals surface area contributed by atoms with Crippen LogP contribution < -0.4 is 10.6 Å². The van der Waals surface area contributed by atoms with Gasteiger partial charge in [0.1, 0.15) is 0 Å². The molecule has 5 heteroatoms. The summed E-state index contributed by atoms with van der Waals surface area (Å²) in [4.78, 5) is 0. The van der Waals surface area contributed by atoms with Crippen molar-refractivity contribution < 1.29 is 4.74 Å². The molecule has 1 aromatic rings.